The minimum Gasteiger partial charge on any atom is -0.289 e. The van der Waals surface area contributed by atoms with Crippen molar-refractivity contribution in [3.63, 3.8) is 0 Å². The summed E-state index contributed by atoms with van der Waals surface area (Å²) in [5, 5.41) is 10.1. The fourth-order valence-electron chi connectivity index (χ4n) is 0.893. The number of nitriles is 1. The van der Waals surface area contributed by atoms with Gasteiger partial charge >= 0.3 is 0 Å². The van der Waals surface area contributed by atoms with Gasteiger partial charge in [0.25, 0.3) is 0 Å². The van der Waals surface area contributed by atoms with Gasteiger partial charge in [0, 0.05) is 6.54 Å². The molecule has 77 valence electrons. The number of hydrogen-bond donors (Lipinski definition) is 1. The largest absolute Gasteiger partial charge is 0.289 e. The zero-order valence-electron chi connectivity index (χ0n) is 8.27. The van der Waals surface area contributed by atoms with Gasteiger partial charge in [0.05, 0.1) is 24.5 Å². The van der Waals surface area contributed by atoms with E-state index in [4.69, 9.17) is 5.26 Å². The predicted molar refractivity (Wildman–Crippen MR) is 53.3 cm³/mol. The van der Waals surface area contributed by atoms with Crippen molar-refractivity contribution in [1.82, 2.24) is 15.0 Å². The molecule has 0 saturated heterocycles. The lowest BCUT2D eigenvalue weighted by Gasteiger charge is -2.17. The maximum atomic E-state index is 10.2. The lowest BCUT2D eigenvalue weighted by molar-refractivity contribution is 0.382. The van der Waals surface area contributed by atoms with Gasteiger partial charge in [-0.1, -0.05) is 6.92 Å². The lowest BCUT2D eigenvalue weighted by Crippen LogP contribution is -2.32. The normalized spacial score (nSPS) is 9.67. The number of anilines is 1. The van der Waals surface area contributed by atoms with Crippen molar-refractivity contribution in [3.05, 3.63) is 18.0 Å². The Morgan fingerprint density at radius 3 is 2.67 bits per heavy atom. The SMILES string of the molecule is CCN(C[C]=O)Nc1ncc(C#N)cn1. The first-order chi connectivity index (χ1) is 7.30. The summed E-state index contributed by atoms with van der Waals surface area (Å²) in [5.74, 6) is 0.353. The molecule has 1 N–H and O–H groups in total. The van der Waals surface area contributed by atoms with Crippen LogP contribution in [0, 0.1) is 11.3 Å². The fourth-order valence-corrected chi connectivity index (χ4v) is 0.893. The summed E-state index contributed by atoms with van der Waals surface area (Å²) in [6.07, 6.45) is 4.59. The van der Waals surface area contributed by atoms with Crippen LogP contribution in [-0.2, 0) is 4.79 Å². The average molecular weight is 204 g/mol. The van der Waals surface area contributed by atoms with Crippen LogP contribution in [0.3, 0.4) is 0 Å². The van der Waals surface area contributed by atoms with E-state index in [0.29, 0.717) is 18.1 Å². The first-order valence-electron chi connectivity index (χ1n) is 4.39. The molecule has 0 saturated carbocycles. The van der Waals surface area contributed by atoms with Crippen molar-refractivity contribution in [2.75, 3.05) is 18.5 Å². The van der Waals surface area contributed by atoms with Gasteiger partial charge in [0.2, 0.25) is 12.2 Å². The smallest absolute Gasteiger partial charge is 0.237 e. The third-order valence-electron chi connectivity index (χ3n) is 1.68. The molecule has 0 bridgehead atoms. The van der Waals surface area contributed by atoms with Crippen LogP contribution in [0.15, 0.2) is 12.4 Å². The molecule has 0 atom stereocenters. The Bertz CT molecular complexity index is 356. The Hall–Kier alpha value is -2.00. The molecule has 0 aliphatic rings. The number of carbonyl (C=O) groups excluding carboxylic acids is 1. The number of rotatable bonds is 5. The number of hydrogen-bond acceptors (Lipinski definition) is 6. The van der Waals surface area contributed by atoms with Crippen molar-refractivity contribution in [2.45, 2.75) is 6.92 Å². The molecular weight excluding hydrogens is 194 g/mol. The molecule has 1 radical (unpaired) electrons. The van der Waals surface area contributed by atoms with Crippen LogP contribution < -0.4 is 5.43 Å². The number of likely N-dealkylation sites (N-methyl/N-ethyl adjacent to an activating group) is 1. The summed E-state index contributed by atoms with van der Waals surface area (Å²) in [5.41, 5.74) is 3.21. The molecule has 1 rings (SSSR count). The minimum absolute atomic E-state index is 0.139. The van der Waals surface area contributed by atoms with Crippen molar-refractivity contribution in [2.24, 2.45) is 0 Å². The van der Waals surface area contributed by atoms with Crippen LogP contribution in [0.4, 0.5) is 5.95 Å². The molecule has 0 unspecified atom stereocenters. The average Bonchev–Trinajstić information content (AvgIpc) is 2.29. The molecule has 0 spiro atoms. The Morgan fingerprint density at radius 2 is 2.20 bits per heavy atom. The maximum absolute atomic E-state index is 10.2. The van der Waals surface area contributed by atoms with Crippen molar-refractivity contribution in [3.8, 4) is 6.07 Å². The maximum Gasteiger partial charge on any atom is 0.237 e. The molecule has 15 heavy (non-hydrogen) atoms. The zero-order chi connectivity index (χ0) is 11.1. The second-order valence-electron chi connectivity index (χ2n) is 2.68. The summed E-state index contributed by atoms with van der Waals surface area (Å²) in [4.78, 5) is 18.0. The molecule has 1 heterocycles. The van der Waals surface area contributed by atoms with E-state index in [1.165, 1.54) is 12.4 Å². The molecule has 6 heteroatoms. The van der Waals surface area contributed by atoms with Gasteiger partial charge in [-0.3, -0.25) is 10.2 Å². The summed E-state index contributed by atoms with van der Waals surface area (Å²) in [7, 11) is 0. The van der Waals surface area contributed by atoms with Gasteiger partial charge < -0.3 is 0 Å². The van der Waals surface area contributed by atoms with E-state index in [1.54, 1.807) is 11.3 Å². The second-order valence-corrected chi connectivity index (χ2v) is 2.68. The van der Waals surface area contributed by atoms with Gasteiger partial charge in [0.15, 0.2) is 0 Å². The predicted octanol–water partition coefficient (Wildman–Crippen LogP) is 0.107. The number of nitrogens with zero attached hydrogens (tertiary/aromatic N) is 4. The minimum atomic E-state index is 0.139. The number of hydrazine groups is 1. The summed E-state index contributed by atoms with van der Waals surface area (Å²) >= 11 is 0. The second kappa shape index (κ2) is 5.67. The Kier molecular flexibility index (Phi) is 4.19. The fraction of sp³-hybridized carbons (Fsp3) is 0.333. The van der Waals surface area contributed by atoms with Crippen LogP contribution in [0.2, 0.25) is 0 Å². The summed E-state index contributed by atoms with van der Waals surface area (Å²) in [6.45, 7) is 2.65. The molecule has 0 aromatic carbocycles. The third kappa shape index (κ3) is 3.32. The zero-order valence-corrected chi connectivity index (χ0v) is 8.27. The molecule has 0 aliphatic heterocycles. The molecular formula is C9H10N5O. The highest BCUT2D eigenvalue weighted by molar-refractivity contribution is 5.53. The van der Waals surface area contributed by atoms with Crippen molar-refractivity contribution < 1.29 is 4.79 Å². The van der Waals surface area contributed by atoms with Gasteiger partial charge in [0.1, 0.15) is 6.07 Å². The van der Waals surface area contributed by atoms with Crippen LogP contribution in [0.5, 0.6) is 0 Å². The molecule has 0 amide bonds. The Morgan fingerprint density at radius 1 is 1.53 bits per heavy atom. The Balaban J connectivity index is 2.63. The standard InChI is InChI=1S/C9H10N5O/c1-2-14(3-4-15)13-9-11-6-8(5-10)7-12-9/h6-7H,2-3H2,1H3,(H,11,12,13). The van der Waals surface area contributed by atoms with Gasteiger partial charge in [-0.05, 0) is 0 Å². The van der Waals surface area contributed by atoms with Crippen LogP contribution >= 0.6 is 0 Å². The third-order valence-corrected chi connectivity index (χ3v) is 1.68. The molecule has 0 aliphatic carbocycles. The highest BCUT2D eigenvalue weighted by Crippen LogP contribution is 1.99. The summed E-state index contributed by atoms with van der Waals surface area (Å²) in [6, 6.07) is 1.92. The summed E-state index contributed by atoms with van der Waals surface area (Å²) < 4.78 is 0. The molecule has 6 nitrogen and oxygen atoms in total. The van der Waals surface area contributed by atoms with Crippen LogP contribution in [0.1, 0.15) is 12.5 Å². The highest BCUT2D eigenvalue weighted by Gasteiger charge is 2.03. The van der Waals surface area contributed by atoms with E-state index < -0.39 is 0 Å². The van der Waals surface area contributed by atoms with E-state index >= 15 is 0 Å². The number of aromatic nitrogens is 2. The van der Waals surface area contributed by atoms with Crippen molar-refractivity contribution >= 4 is 12.2 Å². The first kappa shape index (κ1) is 11.1. The van der Waals surface area contributed by atoms with Crippen LogP contribution in [0.25, 0.3) is 0 Å². The van der Waals surface area contributed by atoms with Crippen molar-refractivity contribution in [1.29, 1.82) is 5.26 Å². The first-order valence-corrected chi connectivity index (χ1v) is 4.39. The lowest BCUT2D eigenvalue weighted by atomic mass is 10.4. The molecule has 1 aromatic rings. The van der Waals surface area contributed by atoms with Crippen LogP contribution in [-0.4, -0.2) is 34.4 Å². The topological polar surface area (TPSA) is 81.9 Å². The van der Waals surface area contributed by atoms with Gasteiger partial charge in [-0.2, -0.15) is 5.26 Å². The van der Waals surface area contributed by atoms with E-state index in [2.05, 4.69) is 15.4 Å². The highest BCUT2D eigenvalue weighted by atomic mass is 16.1. The van der Waals surface area contributed by atoms with E-state index in [9.17, 15) is 4.79 Å². The van der Waals surface area contributed by atoms with E-state index in [0.717, 1.165) is 0 Å². The monoisotopic (exact) mass is 204 g/mol. The molecule has 1 aromatic heterocycles. The molecule has 0 fully saturated rings. The number of nitrogens with one attached hydrogen (secondary N) is 1. The quantitative estimate of drug-likeness (QED) is 0.685. The van der Waals surface area contributed by atoms with Gasteiger partial charge in [-0.25, -0.2) is 15.0 Å². The van der Waals surface area contributed by atoms with E-state index in [-0.39, 0.29) is 6.54 Å². The van der Waals surface area contributed by atoms with E-state index in [1.807, 2.05) is 13.0 Å². The van der Waals surface area contributed by atoms with Gasteiger partial charge in [-0.15, -0.1) is 0 Å². The Labute approximate surface area is 87.5 Å².